The molecule has 1 aromatic heterocycles. The number of aromatic nitrogens is 2. The lowest BCUT2D eigenvalue weighted by molar-refractivity contribution is 0.119. The molecule has 0 saturated heterocycles. The molecule has 2 heterocycles. The van der Waals surface area contributed by atoms with Crippen molar-refractivity contribution in [3.8, 4) is 0 Å². The Morgan fingerprint density at radius 3 is 3.33 bits per heavy atom. The van der Waals surface area contributed by atoms with Crippen molar-refractivity contribution in [2.75, 3.05) is 6.54 Å². The third kappa shape index (κ3) is 2.83. The van der Waals surface area contributed by atoms with Crippen LogP contribution in [0, 0.1) is 0 Å². The highest BCUT2D eigenvalue weighted by Crippen LogP contribution is 2.11. The standard InChI is InChI=1S/C11H17N3O/c1-9(11-12-5-6-13-11)14-8-10-4-2-3-7-15-10/h3,5-7,9-10,14H,2,4,8H2,1H3,(H,12,13). The third-order valence-corrected chi connectivity index (χ3v) is 2.60. The van der Waals surface area contributed by atoms with Crippen molar-refractivity contribution in [1.82, 2.24) is 15.3 Å². The summed E-state index contributed by atoms with van der Waals surface area (Å²) in [6.45, 7) is 2.96. The molecule has 4 nitrogen and oxygen atoms in total. The van der Waals surface area contributed by atoms with E-state index in [9.17, 15) is 0 Å². The molecule has 0 fully saturated rings. The van der Waals surface area contributed by atoms with Crippen LogP contribution in [0.1, 0.15) is 31.6 Å². The monoisotopic (exact) mass is 207 g/mol. The van der Waals surface area contributed by atoms with Crippen LogP contribution in [0.15, 0.2) is 24.7 Å². The third-order valence-electron chi connectivity index (χ3n) is 2.60. The summed E-state index contributed by atoms with van der Waals surface area (Å²) in [6, 6.07) is 0.245. The molecule has 0 amide bonds. The van der Waals surface area contributed by atoms with E-state index >= 15 is 0 Å². The van der Waals surface area contributed by atoms with Gasteiger partial charge in [0.2, 0.25) is 0 Å². The molecular weight excluding hydrogens is 190 g/mol. The van der Waals surface area contributed by atoms with Gasteiger partial charge in [-0.25, -0.2) is 4.98 Å². The lowest BCUT2D eigenvalue weighted by atomic mass is 10.1. The molecule has 0 radical (unpaired) electrons. The molecular formula is C11H17N3O. The first kappa shape index (κ1) is 10.2. The molecule has 1 aromatic rings. The summed E-state index contributed by atoms with van der Waals surface area (Å²) in [5.74, 6) is 0.973. The first-order valence-electron chi connectivity index (χ1n) is 5.39. The average Bonchev–Trinajstić information content (AvgIpc) is 2.81. The quantitative estimate of drug-likeness (QED) is 0.791. The van der Waals surface area contributed by atoms with Gasteiger partial charge in [-0.05, 0) is 25.8 Å². The van der Waals surface area contributed by atoms with E-state index in [2.05, 4.69) is 28.3 Å². The number of ether oxygens (including phenoxy) is 1. The van der Waals surface area contributed by atoms with Gasteiger partial charge in [0.05, 0.1) is 12.3 Å². The number of hydrogen-bond donors (Lipinski definition) is 2. The van der Waals surface area contributed by atoms with Gasteiger partial charge in [0, 0.05) is 18.9 Å². The van der Waals surface area contributed by atoms with Gasteiger partial charge in [0.25, 0.3) is 0 Å². The number of nitrogens with zero attached hydrogens (tertiary/aromatic N) is 1. The number of H-pyrrole nitrogens is 1. The second-order valence-electron chi connectivity index (χ2n) is 3.81. The maximum atomic E-state index is 5.47. The molecule has 2 unspecified atom stereocenters. The summed E-state index contributed by atoms with van der Waals surface area (Å²) in [6.07, 6.45) is 9.98. The Bertz CT molecular complexity index is 308. The molecule has 0 saturated carbocycles. The van der Waals surface area contributed by atoms with E-state index in [-0.39, 0.29) is 6.04 Å². The van der Waals surface area contributed by atoms with Crippen LogP contribution >= 0.6 is 0 Å². The summed E-state index contributed by atoms with van der Waals surface area (Å²) in [4.78, 5) is 7.30. The fourth-order valence-corrected chi connectivity index (χ4v) is 1.65. The molecule has 2 atom stereocenters. The van der Waals surface area contributed by atoms with Gasteiger partial charge >= 0.3 is 0 Å². The van der Waals surface area contributed by atoms with E-state index in [1.165, 1.54) is 0 Å². The molecule has 15 heavy (non-hydrogen) atoms. The molecule has 82 valence electrons. The van der Waals surface area contributed by atoms with Crippen LogP contribution < -0.4 is 5.32 Å². The summed E-state index contributed by atoms with van der Waals surface area (Å²) in [5.41, 5.74) is 0. The minimum atomic E-state index is 0.245. The highest BCUT2D eigenvalue weighted by atomic mass is 16.5. The van der Waals surface area contributed by atoms with Gasteiger partial charge in [-0.2, -0.15) is 0 Å². The van der Waals surface area contributed by atoms with Crippen molar-refractivity contribution in [2.24, 2.45) is 0 Å². The van der Waals surface area contributed by atoms with Gasteiger partial charge < -0.3 is 15.0 Å². The molecule has 0 bridgehead atoms. The van der Waals surface area contributed by atoms with Crippen molar-refractivity contribution < 1.29 is 4.74 Å². The summed E-state index contributed by atoms with van der Waals surface area (Å²) < 4.78 is 5.47. The summed E-state index contributed by atoms with van der Waals surface area (Å²) in [5, 5.41) is 3.40. The maximum Gasteiger partial charge on any atom is 0.122 e. The first-order valence-corrected chi connectivity index (χ1v) is 5.39. The Labute approximate surface area is 89.7 Å². The molecule has 4 heteroatoms. The Balaban J connectivity index is 1.75. The van der Waals surface area contributed by atoms with E-state index in [0.29, 0.717) is 6.10 Å². The number of nitrogens with one attached hydrogen (secondary N) is 2. The fourth-order valence-electron chi connectivity index (χ4n) is 1.65. The van der Waals surface area contributed by atoms with Gasteiger partial charge in [-0.1, -0.05) is 0 Å². The summed E-state index contributed by atoms with van der Waals surface area (Å²) >= 11 is 0. The first-order chi connectivity index (χ1) is 7.36. The van der Waals surface area contributed by atoms with Crippen molar-refractivity contribution in [3.05, 3.63) is 30.6 Å². The molecule has 0 aromatic carbocycles. The van der Waals surface area contributed by atoms with Crippen LogP contribution in [0.5, 0.6) is 0 Å². The molecule has 0 spiro atoms. The Hall–Kier alpha value is -1.29. The molecule has 2 rings (SSSR count). The van der Waals surface area contributed by atoms with Crippen LogP contribution in [0.4, 0.5) is 0 Å². The van der Waals surface area contributed by atoms with Gasteiger partial charge in [0.1, 0.15) is 11.9 Å². The smallest absolute Gasteiger partial charge is 0.122 e. The van der Waals surface area contributed by atoms with E-state index in [0.717, 1.165) is 25.2 Å². The normalized spacial score (nSPS) is 22.3. The lowest BCUT2D eigenvalue weighted by Gasteiger charge is -2.21. The van der Waals surface area contributed by atoms with Gasteiger partial charge in [-0.3, -0.25) is 0 Å². The predicted molar refractivity (Wildman–Crippen MR) is 58.3 cm³/mol. The highest BCUT2D eigenvalue weighted by molar-refractivity contribution is 4.94. The molecule has 1 aliphatic heterocycles. The van der Waals surface area contributed by atoms with Crippen LogP contribution in [-0.4, -0.2) is 22.6 Å². The SMILES string of the molecule is CC(NCC1CCC=CO1)c1ncc[nH]1. The topological polar surface area (TPSA) is 49.9 Å². The van der Waals surface area contributed by atoms with E-state index in [4.69, 9.17) is 4.74 Å². The van der Waals surface area contributed by atoms with Gasteiger partial charge in [0.15, 0.2) is 0 Å². The zero-order valence-corrected chi connectivity index (χ0v) is 8.94. The van der Waals surface area contributed by atoms with E-state index in [1.807, 2.05) is 6.20 Å². The number of imidazole rings is 1. The van der Waals surface area contributed by atoms with Crippen molar-refractivity contribution in [1.29, 1.82) is 0 Å². The zero-order valence-electron chi connectivity index (χ0n) is 8.94. The Morgan fingerprint density at radius 2 is 2.67 bits per heavy atom. The maximum absolute atomic E-state index is 5.47. The largest absolute Gasteiger partial charge is 0.497 e. The second kappa shape index (κ2) is 4.98. The molecule has 1 aliphatic rings. The van der Waals surface area contributed by atoms with Crippen molar-refractivity contribution >= 4 is 0 Å². The fraction of sp³-hybridized carbons (Fsp3) is 0.545. The number of aromatic amines is 1. The van der Waals surface area contributed by atoms with E-state index in [1.54, 1.807) is 12.5 Å². The summed E-state index contributed by atoms with van der Waals surface area (Å²) in [7, 11) is 0. The van der Waals surface area contributed by atoms with Crippen LogP contribution in [0.25, 0.3) is 0 Å². The predicted octanol–water partition coefficient (Wildman–Crippen LogP) is 1.75. The molecule has 0 aliphatic carbocycles. The number of rotatable bonds is 4. The Morgan fingerprint density at radius 1 is 1.73 bits per heavy atom. The minimum absolute atomic E-state index is 0.245. The van der Waals surface area contributed by atoms with Crippen LogP contribution in [0.3, 0.4) is 0 Å². The highest BCUT2D eigenvalue weighted by Gasteiger charge is 2.13. The number of hydrogen-bond acceptors (Lipinski definition) is 3. The van der Waals surface area contributed by atoms with Gasteiger partial charge in [-0.15, -0.1) is 0 Å². The second-order valence-corrected chi connectivity index (χ2v) is 3.81. The van der Waals surface area contributed by atoms with Crippen molar-refractivity contribution in [3.63, 3.8) is 0 Å². The van der Waals surface area contributed by atoms with E-state index < -0.39 is 0 Å². The average molecular weight is 207 g/mol. The van der Waals surface area contributed by atoms with Crippen LogP contribution in [0.2, 0.25) is 0 Å². The lowest BCUT2D eigenvalue weighted by Crippen LogP contribution is -2.31. The van der Waals surface area contributed by atoms with Crippen LogP contribution in [-0.2, 0) is 4.74 Å². The zero-order chi connectivity index (χ0) is 10.5. The Kier molecular flexibility index (Phi) is 3.40. The minimum Gasteiger partial charge on any atom is -0.497 e. The molecule has 2 N–H and O–H groups in total. The van der Waals surface area contributed by atoms with Crippen molar-refractivity contribution in [2.45, 2.75) is 31.9 Å². The number of allylic oxidation sites excluding steroid dienone is 1.